The highest BCUT2D eigenvalue weighted by Gasteiger charge is 2.70. The zero-order valence-corrected chi connectivity index (χ0v) is 17.8. The normalized spacial score (nSPS) is 41.1. The molecule has 9 unspecified atom stereocenters. The number of fused-ring (bicyclic) bond motifs is 2. The molecular weight excluding hydrogens is 448 g/mol. The summed E-state index contributed by atoms with van der Waals surface area (Å²) in [6, 6.07) is 0. The number of carbonyl (C=O) groups excluding carboxylic acids is 3. The summed E-state index contributed by atoms with van der Waals surface area (Å²) in [6.07, 6.45) is 3.46. The van der Waals surface area contributed by atoms with Gasteiger partial charge in [-0.1, -0.05) is 12.2 Å². The van der Waals surface area contributed by atoms with E-state index in [4.69, 9.17) is 9.47 Å². The van der Waals surface area contributed by atoms with Gasteiger partial charge in [-0.05, 0) is 50.4 Å². The Kier molecular flexibility index (Phi) is 5.68. The van der Waals surface area contributed by atoms with Crippen molar-refractivity contribution >= 4 is 17.9 Å². The summed E-state index contributed by atoms with van der Waals surface area (Å²) < 4.78 is 67.0. The predicted molar refractivity (Wildman–Crippen MR) is 103 cm³/mol. The third kappa shape index (κ3) is 3.83. The first-order valence-corrected chi connectivity index (χ1v) is 11.6. The lowest BCUT2D eigenvalue weighted by Crippen LogP contribution is -2.45. The highest BCUT2D eigenvalue weighted by Crippen LogP contribution is 2.59. The monoisotopic (exact) mass is 474 g/mol. The van der Waals surface area contributed by atoms with Crippen LogP contribution in [0.4, 0.5) is 17.6 Å². The Bertz CT molecular complexity index is 860. The van der Waals surface area contributed by atoms with E-state index in [9.17, 15) is 31.9 Å². The second-order valence-corrected chi connectivity index (χ2v) is 10.1. The van der Waals surface area contributed by atoms with Gasteiger partial charge in [0.15, 0.2) is 6.61 Å². The average Bonchev–Trinajstić information content (AvgIpc) is 3.41. The van der Waals surface area contributed by atoms with Gasteiger partial charge in [-0.2, -0.15) is 8.78 Å². The van der Waals surface area contributed by atoms with Crippen LogP contribution in [0.5, 0.6) is 0 Å². The van der Waals surface area contributed by atoms with Crippen molar-refractivity contribution in [1.29, 1.82) is 0 Å². The summed E-state index contributed by atoms with van der Waals surface area (Å²) >= 11 is 0. The third-order valence-corrected chi connectivity index (χ3v) is 8.31. The molecule has 4 fully saturated rings. The molecule has 0 amide bonds. The lowest BCUT2D eigenvalue weighted by Gasteiger charge is -2.37. The largest absolute Gasteiger partial charge is 0.459 e. The van der Waals surface area contributed by atoms with E-state index in [0.717, 1.165) is 25.7 Å². The van der Waals surface area contributed by atoms with Crippen LogP contribution in [0.1, 0.15) is 38.5 Å². The van der Waals surface area contributed by atoms with Crippen molar-refractivity contribution in [2.24, 2.45) is 41.4 Å². The highest BCUT2D eigenvalue weighted by molar-refractivity contribution is 5.86. The van der Waals surface area contributed by atoms with Crippen molar-refractivity contribution in [3.05, 3.63) is 12.2 Å². The van der Waals surface area contributed by atoms with Crippen LogP contribution >= 0.6 is 0 Å². The minimum Gasteiger partial charge on any atom is -0.459 e. The van der Waals surface area contributed by atoms with Gasteiger partial charge in [-0.15, -0.1) is 0 Å². The molecule has 33 heavy (non-hydrogen) atoms. The maximum absolute atomic E-state index is 13.2. The number of alkyl halides is 4. The summed E-state index contributed by atoms with van der Waals surface area (Å²) in [5.41, 5.74) is 0. The fourth-order valence-electron chi connectivity index (χ4n) is 6.71. The molecule has 182 valence electrons. The number of allylic oxidation sites excluding steroid dienone is 2. The minimum absolute atomic E-state index is 0.278. The first-order chi connectivity index (χ1) is 15.7. The lowest BCUT2D eigenvalue weighted by molar-refractivity contribution is -0.187. The van der Waals surface area contributed by atoms with Crippen LogP contribution in [-0.2, 0) is 28.6 Å². The second-order valence-electron chi connectivity index (χ2n) is 10.1. The zero-order chi connectivity index (χ0) is 23.5. The molecular formula is C23H26F4O6. The first-order valence-electron chi connectivity index (χ1n) is 11.6. The number of ether oxygens (including phenoxy) is 3. The number of hydrogen-bond donors (Lipinski definition) is 0. The predicted octanol–water partition coefficient (Wildman–Crippen LogP) is 3.53. The molecule has 5 aliphatic rings. The van der Waals surface area contributed by atoms with Gasteiger partial charge in [0.05, 0.1) is 17.8 Å². The molecule has 0 N–H and O–H groups in total. The molecule has 0 aromatic carbocycles. The van der Waals surface area contributed by atoms with Gasteiger partial charge < -0.3 is 14.2 Å². The molecule has 0 radical (unpaired) electrons. The van der Waals surface area contributed by atoms with Crippen molar-refractivity contribution in [2.45, 2.75) is 63.1 Å². The van der Waals surface area contributed by atoms with Crippen LogP contribution in [-0.4, -0.2) is 49.1 Å². The van der Waals surface area contributed by atoms with Crippen LogP contribution in [0.15, 0.2) is 12.2 Å². The maximum atomic E-state index is 13.2. The van der Waals surface area contributed by atoms with E-state index in [1.807, 2.05) is 0 Å². The molecule has 10 heteroatoms. The van der Waals surface area contributed by atoms with E-state index < -0.39 is 66.8 Å². The van der Waals surface area contributed by atoms with E-state index in [-0.39, 0.29) is 11.8 Å². The summed E-state index contributed by atoms with van der Waals surface area (Å²) in [5.74, 6) is -9.00. The van der Waals surface area contributed by atoms with Crippen LogP contribution in [0.3, 0.4) is 0 Å². The number of esters is 3. The van der Waals surface area contributed by atoms with Crippen LogP contribution < -0.4 is 0 Å². The SMILES string of the molecule is O=C(OC1C2CC3C1OC(=O)C3C2C(=O)OCC(F)(F)C(F)F)C1CCC2CC=CCC2C1. The van der Waals surface area contributed by atoms with Gasteiger partial charge in [0, 0.05) is 11.8 Å². The molecule has 3 saturated carbocycles. The van der Waals surface area contributed by atoms with Gasteiger partial charge in [-0.25, -0.2) is 8.78 Å². The Labute approximate surface area is 188 Å². The van der Waals surface area contributed by atoms with Crippen molar-refractivity contribution in [2.75, 3.05) is 6.61 Å². The van der Waals surface area contributed by atoms with Gasteiger partial charge in [0.2, 0.25) is 0 Å². The Balaban J connectivity index is 1.26. The smallest absolute Gasteiger partial charge is 0.340 e. The minimum atomic E-state index is -4.48. The van der Waals surface area contributed by atoms with Crippen LogP contribution in [0, 0.1) is 41.4 Å². The fourth-order valence-corrected chi connectivity index (χ4v) is 6.71. The standard InChI is InChI=1S/C23H26F4O6/c24-22(25)23(26,27)9-31-20(29)15-13-8-14-16(15)21(30)33-18(14)17(13)32-19(28)12-6-5-10-3-1-2-4-11(10)7-12/h1-2,10-18,22H,3-9H2. The molecule has 9 atom stereocenters. The molecule has 1 aliphatic heterocycles. The van der Waals surface area contributed by atoms with Gasteiger partial charge >= 0.3 is 30.3 Å². The van der Waals surface area contributed by atoms with Crippen LogP contribution in [0.25, 0.3) is 0 Å². The van der Waals surface area contributed by atoms with Crippen molar-refractivity contribution in [1.82, 2.24) is 0 Å². The molecule has 0 spiro atoms. The molecule has 0 aromatic heterocycles. The summed E-state index contributed by atoms with van der Waals surface area (Å²) in [6.45, 7) is -1.77. The lowest BCUT2D eigenvalue weighted by atomic mass is 9.69. The Morgan fingerprint density at radius 1 is 1.06 bits per heavy atom. The molecule has 4 aliphatic carbocycles. The molecule has 1 saturated heterocycles. The quantitative estimate of drug-likeness (QED) is 0.254. The molecule has 6 nitrogen and oxygen atoms in total. The van der Waals surface area contributed by atoms with E-state index in [1.165, 1.54) is 0 Å². The van der Waals surface area contributed by atoms with E-state index in [1.54, 1.807) is 0 Å². The van der Waals surface area contributed by atoms with Gasteiger partial charge in [0.25, 0.3) is 0 Å². The van der Waals surface area contributed by atoms with Gasteiger partial charge in [-0.3, -0.25) is 14.4 Å². The highest BCUT2D eigenvalue weighted by atomic mass is 19.3. The Morgan fingerprint density at radius 2 is 1.79 bits per heavy atom. The molecule has 2 bridgehead atoms. The maximum Gasteiger partial charge on any atom is 0.340 e. The zero-order valence-electron chi connectivity index (χ0n) is 17.8. The number of halogens is 4. The van der Waals surface area contributed by atoms with Crippen molar-refractivity contribution in [3.63, 3.8) is 0 Å². The summed E-state index contributed by atoms with van der Waals surface area (Å²) in [5, 5.41) is 0. The third-order valence-electron chi connectivity index (χ3n) is 8.31. The topological polar surface area (TPSA) is 78.9 Å². The van der Waals surface area contributed by atoms with Crippen molar-refractivity contribution < 1.29 is 46.2 Å². The number of carbonyl (C=O) groups is 3. The molecule has 1 heterocycles. The van der Waals surface area contributed by atoms with Crippen molar-refractivity contribution in [3.8, 4) is 0 Å². The number of hydrogen-bond acceptors (Lipinski definition) is 6. The molecule has 0 aromatic rings. The van der Waals surface area contributed by atoms with E-state index >= 15 is 0 Å². The second kappa shape index (κ2) is 8.27. The van der Waals surface area contributed by atoms with Gasteiger partial charge in [0.1, 0.15) is 12.2 Å². The first kappa shape index (κ1) is 22.7. The summed E-state index contributed by atoms with van der Waals surface area (Å²) in [7, 11) is 0. The van der Waals surface area contributed by atoms with Crippen LogP contribution in [0.2, 0.25) is 0 Å². The Hall–Kier alpha value is -2.13. The van der Waals surface area contributed by atoms with E-state index in [2.05, 4.69) is 16.9 Å². The molecule has 5 rings (SSSR count). The average molecular weight is 474 g/mol. The number of rotatable bonds is 6. The van der Waals surface area contributed by atoms with E-state index in [0.29, 0.717) is 24.7 Å². The fraction of sp³-hybridized carbons (Fsp3) is 0.783. The Morgan fingerprint density at radius 3 is 2.52 bits per heavy atom. The summed E-state index contributed by atoms with van der Waals surface area (Å²) in [4.78, 5) is 37.9.